The topological polar surface area (TPSA) is 76.6 Å². The smallest absolute Gasteiger partial charge is 0.401 e. The molecule has 0 saturated heterocycles. The Morgan fingerprint density at radius 2 is 1.69 bits per heavy atom. The standard InChI is InChI=1S/C20H20N2O4/c1-21(2)17-8-6-14(7-9-17)12-15-4-3-5-16(20(15)23)13-18-10-11-19(26-18)22(24)25/h6-13H,3-5H2,1-2H3/b15-12-,16-13+. The second-order valence-corrected chi connectivity index (χ2v) is 6.44. The second kappa shape index (κ2) is 7.39. The fraction of sp³-hybridized carbons (Fsp3) is 0.250. The first kappa shape index (κ1) is 17.7. The van der Waals surface area contributed by atoms with Gasteiger partial charge in [0.05, 0.1) is 6.07 Å². The largest absolute Gasteiger partial charge is 0.433 e. The molecule has 1 aliphatic carbocycles. The van der Waals surface area contributed by atoms with Crippen LogP contribution in [0.4, 0.5) is 11.6 Å². The van der Waals surface area contributed by atoms with E-state index in [2.05, 4.69) is 0 Å². The van der Waals surface area contributed by atoms with Crippen molar-refractivity contribution in [3.8, 4) is 0 Å². The van der Waals surface area contributed by atoms with Gasteiger partial charge in [-0.25, -0.2) is 0 Å². The monoisotopic (exact) mass is 352 g/mol. The summed E-state index contributed by atoms with van der Waals surface area (Å²) in [5.41, 5.74) is 3.45. The number of benzene rings is 1. The fourth-order valence-electron chi connectivity index (χ4n) is 2.94. The molecule has 0 aliphatic heterocycles. The molecule has 0 atom stereocenters. The normalized spacial score (nSPS) is 17.7. The number of hydrogen-bond donors (Lipinski definition) is 0. The maximum Gasteiger partial charge on any atom is 0.433 e. The molecule has 1 aromatic carbocycles. The lowest BCUT2D eigenvalue weighted by molar-refractivity contribution is -0.402. The minimum atomic E-state index is -0.590. The van der Waals surface area contributed by atoms with E-state index in [9.17, 15) is 14.9 Å². The van der Waals surface area contributed by atoms with Crippen LogP contribution in [-0.2, 0) is 4.79 Å². The molecule has 1 heterocycles. The van der Waals surface area contributed by atoms with Crippen LogP contribution in [0.1, 0.15) is 30.6 Å². The van der Waals surface area contributed by atoms with Gasteiger partial charge in [-0.2, -0.15) is 0 Å². The first-order valence-corrected chi connectivity index (χ1v) is 8.41. The molecule has 2 aromatic rings. The lowest BCUT2D eigenvalue weighted by atomic mass is 9.87. The van der Waals surface area contributed by atoms with Gasteiger partial charge < -0.3 is 9.32 Å². The third kappa shape index (κ3) is 3.91. The van der Waals surface area contributed by atoms with Crippen LogP contribution in [-0.4, -0.2) is 24.8 Å². The predicted octanol–water partition coefficient (Wildman–Crippen LogP) is 4.47. The molecular weight excluding hydrogens is 332 g/mol. The van der Waals surface area contributed by atoms with Crippen LogP contribution in [0.5, 0.6) is 0 Å². The van der Waals surface area contributed by atoms with Crippen molar-refractivity contribution in [2.75, 3.05) is 19.0 Å². The predicted molar refractivity (Wildman–Crippen MR) is 101 cm³/mol. The fourth-order valence-corrected chi connectivity index (χ4v) is 2.94. The molecular formula is C20H20N2O4. The number of nitrogens with zero attached hydrogens (tertiary/aromatic N) is 2. The van der Waals surface area contributed by atoms with E-state index in [4.69, 9.17) is 4.42 Å². The highest BCUT2D eigenvalue weighted by Gasteiger charge is 2.21. The molecule has 3 rings (SSSR count). The summed E-state index contributed by atoms with van der Waals surface area (Å²) in [6, 6.07) is 10.8. The summed E-state index contributed by atoms with van der Waals surface area (Å²) >= 11 is 0. The summed E-state index contributed by atoms with van der Waals surface area (Å²) in [6.07, 6.45) is 5.76. The van der Waals surface area contributed by atoms with Gasteiger partial charge in [-0.05, 0) is 55.2 Å². The highest BCUT2D eigenvalue weighted by Crippen LogP contribution is 2.29. The quantitative estimate of drug-likeness (QED) is 0.461. The molecule has 0 radical (unpaired) electrons. The van der Waals surface area contributed by atoms with Gasteiger partial charge in [0.15, 0.2) is 5.78 Å². The second-order valence-electron chi connectivity index (χ2n) is 6.44. The number of ketones is 1. The van der Waals surface area contributed by atoms with Crippen LogP contribution in [0.3, 0.4) is 0 Å². The van der Waals surface area contributed by atoms with Crippen LogP contribution in [0.25, 0.3) is 12.2 Å². The Morgan fingerprint density at radius 1 is 1.04 bits per heavy atom. The van der Waals surface area contributed by atoms with Crippen LogP contribution in [0.15, 0.2) is 52.0 Å². The summed E-state index contributed by atoms with van der Waals surface area (Å²) in [5, 5.41) is 10.7. The molecule has 0 bridgehead atoms. The molecule has 1 fully saturated rings. The van der Waals surface area contributed by atoms with Crippen molar-refractivity contribution >= 4 is 29.5 Å². The number of Topliss-reactive ketones (excluding diaryl/α,β-unsaturated/α-hetero) is 1. The van der Waals surface area contributed by atoms with Crippen molar-refractivity contribution in [1.29, 1.82) is 0 Å². The maximum absolute atomic E-state index is 12.7. The maximum atomic E-state index is 12.7. The average molecular weight is 352 g/mol. The highest BCUT2D eigenvalue weighted by molar-refractivity contribution is 6.13. The van der Waals surface area contributed by atoms with E-state index in [-0.39, 0.29) is 11.7 Å². The Morgan fingerprint density at radius 3 is 2.27 bits per heavy atom. The van der Waals surface area contributed by atoms with Gasteiger partial charge in [-0.15, -0.1) is 0 Å². The van der Waals surface area contributed by atoms with E-state index < -0.39 is 4.92 Å². The summed E-state index contributed by atoms with van der Waals surface area (Å²) in [6.45, 7) is 0. The van der Waals surface area contributed by atoms with Crippen LogP contribution >= 0.6 is 0 Å². The Hall–Kier alpha value is -3.15. The number of hydrogen-bond acceptors (Lipinski definition) is 5. The van der Waals surface area contributed by atoms with Crippen LogP contribution in [0.2, 0.25) is 0 Å². The average Bonchev–Trinajstić information content (AvgIpc) is 3.08. The lowest BCUT2D eigenvalue weighted by Gasteiger charge is -2.16. The summed E-state index contributed by atoms with van der Waals surface area (Å²) < 4.78 is 5.13. The zero-order chi connectivity index (χ0) is 18.7. The van der Waals surface area contributed by atoms with Gasteiger partial charge in [-0.3, -0.25) is 14.9 Å². The first-order chi connectivity index (χ1) is 12.4. The van der Waals surface area contributed by atoms with Gasteiger partial charge >= 0.3 is 5.88 Å². The number of rotatable bonds is 4. The van der Waals surface area contributed by atoms with Crippen molar-refractivity contribution in [2.45, 2.75) is 19.3 Å². The number of nitro groups is 1. The molecule has 1 saturated carbocycles. The molecule has 6 heteroatoms. The van der Waals surface area contributed by atoms with E-state index in [1.807, 2.05) is 49.3 Å². The molecule has 1 aromatic heterocycles. The Kier molecular flexibility index (Phi) is 5.02. The molecule has 0 amide bonds. The molecule has 6 nitrogen and oxygen atoms in total. The minimum Gasteiger partial charge on any atom is -0.401 e. The lowest BCUT2D eigenvalue weighted by Crippen LogP contribution is -2.12. The Labute approximate surface area is 151 Å². The highest BCUT2D eigenvalue weighted by atomic mass is 16.6. The van der Waals surface area contributed by atoms with Crippen molar-refractivity contribution in [3.63, 3.8) is 0 Å². The van der Waals surface area contributed by atoms with Gasteiger partial charge in [-0.1, -0.05) is 12.1 Å². The van der Waals surface area contributed by atoms with Crippen molar-refractivity contribution < 1.29 is 14.1 Å². The number of furan rings is 1. The summed E-state index contributed by atoms with van der Waals surface area (Å²) in [7, 11) is 3.96. The number of anilines is 1. The van der Waals surface area contributed by atoms with Gasteiger partial charge in [0, 0.05) is 30.9 Å². The van der Waals surface area contributed by atoms with E-state index in [1.165, 1.54) is 12.1 Å². The molecule has 0 spiro atoms. The molecule has 0 N–H and O–H groups in total. The number of carbonyl (C=O) groups excluding carboxylic acids is 1. The minimum absolute atomic E-state index is 0.0213. The summed E-state index contributed by atoms with van der Waals surface area (Å²) in [5.74, 6) is -0.0134. The zero-order valence-electron chi connectivity index (χ0n) is 14.8. The van der Waals surface area contributed by atoms with Gasteiger partial charge in [0.2, 0.25) is 0 Å². The van der Waals surface area contributed by atoms with Gasteiger partial charge in [0.25, 0.3) is 0 Å². The van der Waals surface area contributed by atoms with Crippen molar-refractivity contribution in [1.82, 2.24) is 0 Å². The molecule has 0 unspecified atom stereocenters. The molecule has 26 heavy (non-hydrogen) atoms. The van der Waals surface area contributed by atoms with Crippen molar-refractivity contribution in [2.24, 2.45) is 0 Å². The SMILES string of the molecule is CN(C)c1ccc(/C=C2/CCC/C(=C\c3ccc([N+](=O)[O-])o3)C2=O)cc1. The molecule has 134 valence electrons. The van der Waals surface area contributed by atoms with Crippen LogP contribution < -0.4 is 4.90 Å². The third-order valence-electron chi connectivity index (χ3n) is 4.33. The van der Waals surface area contributed by atoms with Crippen molar-refractivity contribution in [3.05, 3.63) is 69.0 Å². The Balaban J connectivity index is 1.82. The zero-order valence-corrected chi connectivity index (χ0v) is 14.8. The van der Waals surface area contributed by atoms with E-state index in [1.54, 1.807) is 6.08 Å². The molecule has 1 aliphatic rings. The summed E-state index contributed by atoms with van der Waals surface area (Å²) in [4.78, 5) is 24.9. The van der Waals surface area contributed by atoms with E-state index in [0.717, 1.165) is 29.7 Å². The number of carbonyl (C=O) groups is 1. The number of allylic oxidation sites excluding steroid dienone is 2. The van der Waals surface area contributed by atoms with Gasteiger partial charge in [0.1, 0.15) is 10.7 Å². The van der Waals surface area contributed by atoms with Crippen LogP contribution in [0, 0.1) is 10.1 Å². The van der Waals surface area contributed by atoms with E-state index >= 15 is 0 Å². The first-order valence-electron chi connectivity index (χ1n) is 8.41. The Bertz CT molecular complexity index is 889. The van der Waals surface area contributed by atoms with E-state index in [0.29, 0.717) is 17.8 Å². The third-order valence-corrected chi connectivity index (χ3v) is 4.33.